The zero-order valence-electron chi connectivity index (χ0n) is 10.2. The molecule has 0 amide bonds. The quantitative estimate of drug-likeness (QED) is 0.429. The number of nitrogens with one attached hydrogen (secondary N) is 1. The lowest BCUT2D eigenvalue weighted by atomic mass is 10.2. The summed E-state index contributed by atoms with van der Waals surface area (Å²) < 4.78 is 4.93. The molecule has 2 rings (SSSR count). The molecule has 2 aromatic rings. The summed E-state index contributed by atoms with van der Waals surface area (Å²) in [7, 11) is 0. The van der Waals surface area contributed by atoms with Crippen molar-refractivity contribution in [1.82, 2.24) is 0 Å². The maximum absolute atomic E-state index is 11.7. The number of rotatable bonds is 3. The molecule has 9 nitrogen and oxygen atoms in total. The summed E-state index contributed by atoms with van der Waals surface area (Å²) in [5, 5.41) is 26.0. The molecular weight excluding hydrogens is 252 g/mol. The van der Waals surface area contributed by atoms with Gasteiger partial charge in [0.05, 0.1) is 12.5 Å². The molecule has 0 aliphatic heterocycles. The molecule has 1 atom stereocenters. The van der Waals surface area contributed by atoms with Crippen molar-refractivity contribution in [3.63, 3.8) is 0 Å². The van der Waals surface area contributed by atoms with Crippen LogP contribution < -0.4 is 32.2 Å². The third-order valence-electron chi connectivity index (χ3n) is 2.78. The van der Waals surface area contributed by atoms with E-state index in [2.05, 4.69) is 5.32 Å². The van der Waals surface area contributed by atoms with Crippen LogP contribution in [0.25, 0.3) is 0 Å². The molecule has 0 bridgehead atoms. The minimum Gasteiger partial charge on any atom is -0.675 e. The molecule has 0 aromatic carbocycles. The van der Waals surface area contributed by atoms with Gasteiger partial charge in [-0.05, 0) is 13.0 Å². The topological polar surface area (TPSA) is 157 Å². The second-order valence-corrected chi connectivity index (χ2v) is 4.03. The number of furan rings is 1. The van der Waals surface area contributed by atoms with Gasteiger partial charge in [0.15, 0.2) is 11.4 Å². The number of nitrogens with two attached hydrogens (primary N) is 3. The minimum absolute atomic E-state index is 0.0115. The average Bonchev–Trinajstić information content (AvgIpc) is 2.93. The molecule has 2 heterocycles. The van der Waals surface area contributed by atoms with Crippen LogP contribution in [0.4, 0.5) is 23.0 Å². The van der Waals surface area contributed by atoms with Crippen molar-refractivity contribution in [3.05, 3.63) is 34.6 Å². The molecule has 7 N–H and O–H groups in total. The van der Waals surface area contributed by atoms with Crippen molar-refractivity contribution in [2.75, 3.05) is 22.5 Å². The number of hydrogen-bond acceptors (Lipinski definition) is 7. The summed E-state index contributed by atoms with van der Waals surface area (Å²) in [6.07, 6.45) is 3.00. The number of anilines is 4. The van der Waals surface area contributed by atoms with Crippen LogP contribution in [0.1, 0.15) is 18.5 Å². The molecular formula is C10H14N6O3. The van der Waals surface area contributed by atoms with Gasteiger partial charge < -0.3 is 26.3 Å². The molecule has 0 radical (unpaired) electrons. The number of hydrogen-bond donors (Lipinski definition) is 4. The van der Waals surface area contributed by atoms with Crippen molar-refractivity contribution in [2.24, 2.45) is 0 Å². The Morgan fingerprint density at radius 3 is 2.47 bits per heavy atom. The normalized spacial score (nSPS) is 12.3. The van der Waals surface area contributed by atoms with Gasteiger partial charge in [0, 0.05) is 5.56 Å². The van der Waals surface area contributed by atoms with Gasteiger partial charge in [0.25, 0.3) is 0 Å². The van der Waals surface area contributed by atoms with Gasteiger partial charge in [0.2, 0.25) is 0 Å². The second-order valence-electron chi connectivity index (χ2n) is 4.03. The molecule has 0 fully saturated rings. The summed E-state index contributed by atoms with van der Waals surface area (Å²) in [6.45, 7) is 1.77. The van der Waals surface area contributed by atoms with E-state index in [1.807, 2.05) is 0 Å². The average molecular weight is 266 g/mol. The summed E-state index contributed by atoms with van der Waals surface area (Å²) in [6, 6.07) is 1.42. The van der Waals surface area contributed by atoms with Gasteiger partial charge in [-0.25, -0.2) is 0 Å². The largest absolute Gasteiger partial charge is 0.675 e. The highest BCUT2D eigenvalue weighted by molar-refractivity contribution is 5.79. The fourth-order valence-electron chi connectivity index (χ4n) is 1.60. The fraction of sp³-hybridized carbons (Fsp3) is 0.200. The first kappa shape index (κ1) is 12.6. The Morgan fingerprint density at radius 1 is 1.21 bits per heavy atom. The van der Waals surface area contributed by atoms with E-state index in [9.17, 15) is 10.4 Å². The zero-order valence-corrected chi connectivity index (χ0v) is 10.2. The molecule has 102 valence electrons. The van der Waals surface area contributed by atoms with Crippen LogP contribution >= 0.6 is 0 Å². The van der Waals surface area contributed by atoms with E-state index in [1.54, 1.807) is 13.0 Å². The van der Waals surface area contributed by atoms with E-state index in [1.165, 1.54) is 12.5 Å². The maximum atomic E-state index is 11.7. The van der Waals surface area contributed by atoms with Gasteiger partial charge in [-0.3, -0.25) is 11.1 Å². The van der Waals surface area contributed by atoms with Crippen LogP contribution in [-0.2, 0) is 0 Å². The summed E-state index contributed by atoms with van der Waals surface area (Å²) in [4.78, 5) is -0.0618. The summed E-state index contributed by atoms with van der Waals surface area (Å²) >= 11 is 0. The molecule has 9 heteroatoms. The Balaban J connectivity index is 2.41. The molecule has 0 aliphatic rings. The van der Waals surface area contributed by atoms with E-state index in [0.29, 0.717) is 0 Å². The Hall–Kier alpha value is -2.84. The van der Waals surface area contributed by atoms with Gasteiger partial charge in [0.1, 0.15) is 6.04 Å². The SMILES string of the molecule is CC(Nc1c(N)c(N)c(N)[n+]([O-])[n+]1[O-])c1ccoc1. The van der Waals surface area contributed by atoms with Crippen LogP contribution in [0.5, 0.6) is 0 Å². The van der Waals surface area contributed by atoms with Crippen molar-refractivity contribution >= 4 is 23.0 Å². The number of nitrogen functional groups attached to an aromatic ring is 3. The van der Waals surface area contributed by atoms with Crippen LogP contribution in [-0.4, -0.2) is 0 Å². The van der Waals surface area contributed by atoms with E-state index in [0.717, 1.165) is 5.56 Å². The van der Waals surface area contributed by atoms with Gasteiger partial charge in [-0.15, -0.1) is 0 Å². The first-order chi connectivity index (χ1) is 8.93. The lowest BCUT2D eigenvalue weighted by molar-refractivity contribution is -1.17. The maximum Gasteiger partial charge on any atom is 0.341 e. The van der Waals surface area contributed by atoms with Crippen molar-refractivity contribution in [2.45, 2.75) is 13.0 Å². The molecule has 0 aliphatic carbocycles. The molecule has 0 saturated carbocycles. The Labute approximate surface area is 108 Å². The lowest BCUT2D eigenvalue weighted by Crippen LogP contribution is -2.63. The zero-order chi connectivity index (χ0) is 14.2. The third-order valence-corrected chi connectivity index (χ3v) is 2.78. The molecule has 19 heavy (non-hydrogen) atoms. The number of aromatic nitrogens is 2. The summed E-state index contributed by atoms with van der Waals surface area (Å²) in [5.41, 5.74) is 17.2. The lowest BCUT2D eigenvalue weighted by Gasteiger charge is -2.18. The first-order valence-electron chi connectivity index (χ1n) is 5.42. The van der Waals surface area contributed by atoms with E-state index >= 15 is 0 Å². The Bertz CT molecular complexity index is 569. The third kappa shape index (κ3) is 2.01. The van der Waals surface area contributed by atoms with Crippen molar-refractivity contribution in [3.8, 4) is 0 Å². The fourth-order valence-corrected chi connectivity index (χ4v) is 1.60. The predicted octanol–water partition coefficient (Wildman–Crippen LogP) is -0.534. The van der Waals surface area contributed by atoms with Crippen LogP contribution in [0.2, 0.25) is 0 Å². The number of nitrogens with zero attached hydrogens (tertiary/aromatic N) is 2. The smallest absolute Gasteiger partial charge is 0.341 e. The van der Waals surface area contributed by atoms with E-state index < -0.39 is 5.82 Å². The summed E-state index contributed by atoms with van der Waals surface area (Å²) in [5.74, 6) is -0.593. The first-order valence-corrected chi connectivity index (χ1v) is 5.42. The van der Waals surface area contributed by atoms with Gasteiger partial charge in [-0.2, -0.15) is 0 Å². The Morgan fingerprint density at radius 2 is 1.89 bits per heavy atom. The van der Waals surface area contributed by atoms with Crippen LogP contribution in [0.15, 0.2) is 23.0 Å². The van der Waals surface area contributed by atoms with Crippen molar-refractivity contribution < 1.29 is 14.1 Å². The van der Waals surface area contributed by atoms with Crippen molar-refractivity contribution in [1.29, 1.82) is 0 Å². The van der Waals surface area contributed by atoms with E-state index in [-0.39, 0.29) is 32.9 Å². The van der Waals surface area contributed by atoms with Gasteiger partial charge >= 0.3 is 11.6 Å². The standard InChI is InChI=1S/C10H14N6O3/c1-5(6-2-3-19-4-6)14-10-8(12)7(11)9(13)15(17)16(10)18/h2-5,14H,11-13H2,1H3. The highest BCUT2D eigenvalue weighted by Crippen LogP contribution is 2.27. The molecule has 1 unspecified atom stereocenters. The molecule has 2 aromatic heterocycles. The second kappa shape index (κ2) is 4.44. The minimum atomic E-state index is -0.436. The highest BCUT2D eigenvalue weighted by Gasteiger charge is 2.25. The van der Waals surface area contributed by atoms with Crippen LogP contribution in [0.3, 0.4) is 0 Å². The monoisotopic (exact) mass is 266 g/mol. The molecule has 0 saturated heterocycles. The molecule has 0 spiro atoms. The van der Waals surface area contributed by atoms with Gasteiger partial charge in [-0.1, -0.05) is 9.69 Å². The highest BCUT2D eigenvalue weighted by atomic mass is 16.6. The Kier molecular flexibility index (Phi) is 2.95. The van der Waals surface area contributed by atoms with E-state index in [4.69, 9.17) is 21.6 Å². The van der Waals surface area contributed by atoms with Crippen LogP contribution in [0, 0.1) is 10.4 Å². The predicted molar refractivity (Wildman–Crippen MR) is 68.3 cm³/mol.